The number of H-pyrrole nitrogens is 1. The third-order valence-corrected chi connectivity index (χ3v) is 4.22. The molecule has 2 heterocycles. The molecule has 19 heavy (non-hydrogen) atoms. The SMILES string of the molecule is CNc1ncc(Br)cc1S(=O)(=O)NCc1cn[nH]c1. The number of nitrogens with one attached hydrogen (secondary N) is 3. The number of hydrogen-bond acceptors (Lipinski definition) is 5. The van der Waals surface area contributed by atoms with Crippen molar-refractivity contribution in [3.63, 3.8) is 0 Å². The van der Waals surface area contributed by atoms with Gasteiger partial charge in [0, 0.05) is 36.0 Å². The molecule has 0 saturated carbocycles. The number of aromatic amines is 1. The van der Waals surface area contributed by atoms with Crippen molar-refractivity contribution in [1.29, 1.82) is 0 Å². The fourth-order valence-electron chi connectivity index (χ4n) is 1.44. The van der Waals surface area contributed by atoms with Gasteiger partial charge >= 0.3 is 0 Å². The van der Waals surface area contributed by atoms with Crippen molar-refractivity contribution in [2.24, 2.45) is 0 Å². The molecule has 0 spiro atoms. The number of hydrogen-bond donors (Lipinski definition) is 3. The molecule has 0 saturated heterocycles. The molecule has 2 aromatic rings. The average molecular weight is 346 g/mol. The van der Waals surface area contributed by atoms with Crippen LogP contribution in [-0.2, 0) is 16.6 Å². The summed E-state index contributed by atoms with van der Waals surface area (Å²) < 4.78 is 27.5. The van der Waals surface area contributed by atoms with E-state index in [1.807, 2.05) is 0 Å². The summed E-state index contributed by atoms with van der Waals surface area (Å²) in [4.78, 5) is 4.10. The van der Waals surface area contributed by atoms with Crippen LogP contribution in [0.2, 0.25) is 0 Å². The minimum absolute atomic E-state index is 0.0906. The number of sulfonamides is 1. The largest absolute Gasteiger partial charge is 0.372 e. The van der Waals surface area contributed by atoms with Gasteiger partial charge in [-0.15, -0.1) is 0 Å². The molecule has 0 aliphatic heterocycles. The maximum Gasteiger partial charge on any atom is 0.244 e. The van der Waals surface area contributed by atoms with Crippen LogP contribution in [0.15, 0.2) is 34.0 Å². The third-order valence-electron chi connectivity index (χ3n) is 2.37. The van der Waals surface area contributed by atoms with Crippen molar-refractivity contribution in [1.82, 2.24) is 19.9 Å². The van der Waals surface area contributed by atoms with E-state index in [4.69, 9.17) is 0 Å². The fraction of sp³-hybridized carbons (Fsp3) is 0.200. The lowest BCUT2D eigenvalue weighted by molar-refractivity contribution is 0.581. The maximum absolute atomic E-state index is 12.2. The molecular weight excluding hydrogens is 334 g/mol. The molecule has 102 valence electrons. The molecule has 2 aromatic heterocycles. The Labute approximate surface area is 119 Å². The minimum Gasteiger partial charge on any atom is -0.372 e. The van der Waals surface area contributed by atoms with Crippen molar-refractivity contribution in [3.8, 4) is 0 Å². The molecule has 2 rings (SSSR count). The van der Waals surface area contributed by atoms with Crippen molar-refractivity contribution in [2.75, 3.05) is 12.4 Å². The predicted octanol–water partition coefficient (Wildman–Crippen LogP) is 1.09. The van der Waals surface area contributed by atoms with E-state index < -0.39 is 10.0 Å². The number of aromatic nitrogens is 3. The van der Waals surface area contributed by atoms with Crippen LogP contribution in [0.25, 0.3) is 0 Å². The van der Waals surface area contributed by atoms with Crippen molar-refractivity contribution >= 4 is 31.8 Å². The van der Waals surface area contributed by atoms with Gasteiger partial charge in [0.25, 0.3) is 0 Å². The summed E-state index contributed by atoms with van der Waals surface area (Å²) >= 11 is 3.21. The van der Waals surface area contributed by atoms with Crippen LogP contribution in [0, 0.1) is 0 Å². The molecule has 0 unspecified atom stereocenters. The smallest absolute Gasteiger partial charge is 0.244 e. The lowest BCUT2D eigenvalue weighted by atomic mass is 10.4. The van der Waals surface area contributed by atoms with Crippen molar-refractivity contribution in [2.45, 2.75) is 11.4 Å². The normalized spacial score (nSPS) is 11.5. The monoisotopic (exact) mass is 345 g/mol. The molecule has 0 atom stereocenters. The van der Waals surface area contributed by atoms with E-state index in [1.54, 1.807) is 19.4 Å². The first-order valence-corrected chi connectivity index (χ1v) is 7.61. The van der Waals surface area contributed by atoms with E-state index in [9.17, 15) is 8.42 Å². The van der Waals surface area contributed by atoms with Gasteiger partial charge in [0.05, 0.1) is 6.20 Å². The van der Waals surface area contributed by atoms with E-state index in [0.717, 1.165) is 5.56 Å². The van der Waals surface area contributed by atoms with Gasteiger partial charge in [-0.05, 0) is 22.0 Å². The second kappa shape index (κ2) is 5.68. The molecule has 0 aromatic carbocycles. The molecule has 9 heteroatoms. The van der Waals surface area contributed by atoms with Crippen LogP contribution in [-0.4, -0.2) is 30.6 Å². The summed E-state index contributed by atoms with van der Waals surface area (Å²) in [7, 11) is -2.03. The molecule has 0 amide bonds. The number of nitrogens with zero attached hydrogens (tertiary/aromatic N) is 2. The Balaban J connectivity index is 2.26. The van der Waals surface area contributed by atoms with Gasteiger partial charge in [0.15, 0.2) is 0 Å². The summed E-state index contributed by atoms with van der Waals surface area (Å²) in [5.41, 5.74) is 0.748. The van der Waals surface area contributed by atoms with Crippen LogP contribution in [0.3, 0.4) is 0 Å². The van der Waals surface area contributed by atoms with Crippen LogP contribution >= 0.6 is 15.9 Å². The van der Waals surface area contributed by atoms with Crippen molar-refractivity contribution in [3.05, 3.63) is 34.7 Å². The Morgan fingerprint density at radius 2 is 2.21 bits per heavy atom. The second-order valence-electron chi connectivity index (χ2n) is 3.68. The van der Waals surface area contributed by atoms with Gasteiger partial charge in [0.1, 0.15) is 10.7 Å². The van der Waals surface area contributed by atoms with Crippen LogP contribution in [0.5, 0.6) is 0 Å². The number of pyridine rings is 1. The standard InChI is InChI=1S/C10H12BrN5O2S/c1-12-10-9(2-8(11)6-13-10)19(17,18)16-5-7-3-14-15-4-7/h2-4,6,16H,5H2,1H3,(H,12,13)(H,14,15). The molecule has 3 N–H and O–H groups in total. The van der Waals surface area contributed by atoms with E-state index in [1.165, 1.54) is 12.3 Å². The van der Waals surface area contributed by atoms with Crippen molar-refractivity contribution < 1.29 is 8.42 Å². The minimum atomic E-state index is -3.65. The Hall–Kier alpha value is -1.45. The molecule has 0 bridgehead atoms. The van der Waals surface area contributed by atoms with Gasteiger partial charge < -0.3 is 5.32 Å². The Kier molecular flexibility index (Phi) is 4.17. The highest BCUT2D eigenvalue weighted by atomic mass is 79.9. The zero-order chi connectivity index (χ0) is 13.9. The van der Waals surface area contributed by atoms with Gasteiger partial charge in [-0.2, -0.15) is 5.10 Å². The molecule has 0 radical (unpaired) electrons. The number of rotatable bonds is 5. The third kappa shape index (κ3) is 3.31. The number of halogens is 1. The summed E-state index contributed by atoms with van der Waals surface area (Å²) in [6, 6.07) is 1.50. The first kappa shape index (κ1) is 14.0. The highest BCUT2D eigenvalue weighted by molar-refractivity contribution is 9.10. The van der Waals surface area contributed by atoms with Crippen LogP contribution in [0.4, 0.5) is 5.82 Å². The molecular formula is C10H12BrN5O2S. The van der Waals surface area contributed by atoms with Gasteiger partial charge in [-0.3, -0.25) is 5.10 Å². The van der Waals surface area contributed by atoms with Crippen LogP contribution < -0.4 is 10.0 Å². The highest BCUT2D eigenvalue weighted by Gasteiger charge is 2.19. The lowest BCUT2D eigenvalue weighted by Crippen LogP contribution is -2.24. The van der Waals surface area contributed by atoms with E-state index in [0.29, 0.717) is 10.3 Å². The molecule has 0 aliphatic rings. The van der Waals surface area contributed by atoms with Gasteiger partial charge in [-0.25, -0.2) is 18.1 Å². The first-order chi connectivity index (χ1) is 9.03. The Morgan fingerprint density at radius 3 is 2.84 bits per heavy atom. The summed E-state index contributed by atoms with van der Waals surface area (Å²) in [6.45, 7) is 0.161. The zero-order valence-corrected chi connectivity index (χ0v) is 12.4. The molecule has 0 aliphatic carbocycles. The highest BCUT2D eigenvalue weighted by Crippen LogP contribution is 2.22. The first-order valence-electron chi connectivity index (χ1n) is 5.33. The topological polar surface area (TPSA) is 99.8 Å². The maximum atomic E-state index is 12.2. The predicted molar refractivity (Wildman–Crippen MR) is 74.1 cm³/mol. The summed E-state index contributed by atoms with van der Waals surface area (Å²) in [5.74, 6) is 0.294. The number of anilines is 1. The van der Waals surface area contributed by atoms with E-state index in [-0.39, 0.29) is 11.4 Å². The summed E-state index contributed by atoms with van der Waals surface area (Å²) in [6.07, 6.45) is 4.71. The average Bonchev–Trinajstić information content (AvgIpc) is 2.89. The second-order valence-corrected chi connectivity index (χ2v) is 6.33. The van der Waals surface area contributed by atoms with E-state index in [2.05, 4.69) is 41.2 Å². The zero-order valence-electron chi connectivity index (χ0n) is 10.0. The summed E-state index contributed by atoms with van der Waals surface area (Å²) in [5, 5.41) is 9.12. The molecule has 0 fully saturated rings. The Morgan fingerprint density at radius 1 is 1.42 bits per heavy atom. The quantitative estimate of drug-likeness (QED) is 0.753. The van der Waals surface area contributed by atoms with Gasteiger partial charge in [0.2, 0.25) is 10.0 Å². The van der Waals surface area contributed by atoms with E-state index >= 15 is 0 Å². The lowest BCUT2D eigenvalue weighted by Gasteiger charge is -2.10. The fourth-order valence-corrected chi connectivity index (χ4v) is 3.13. The van der Waals surface area contributed by atoms with Crippen LogP contribution in [0.1, 0.15) is 5.56 Å². The Bertz CT molecular complexity index is 657. The van der Waals surface area contributed by atoms with Gasteiger partial charge in [-0.1, -0.05) is 0 Å². The molecule has 7 nitrogen and oxygen atoms in total.